The largest absolute Gasteiger partial charge is 0.386 e. The molecule has 1 aliphatic rings. The third-order valence-corrected chi connectivity index (χ3v) is 3.37. The minimum atomic E-state index is -0.455. The predicted octanol–water partition coefficient (Wildman–Crippen LogP) is 4.21. The van der Waals surface area contributed by atoms with Crippen molar-refractivity contribution in [3.05, 3.63) is 12.2 Å². The van der Waals surface area contributed by atoms with E-state index in [0.29, 0.717) is 0 Å². The van der Waals surface area contributed by atoms with Gasteiger partial charge in [-0.05, 0) is 25.7 Å². The number of hydrogen-bond acceptors (Lipinski definition) is 1. The van der Waals surface area contributed by atoms with Gasteiger partial charge < -0.3 is 5.11 Å². The van der Waals surface area contributed by atoms with Crippen LogP contribution in [0.5, 0.6) is 0 Å². The van der Waals surface area contributed by atoms with Crippen molar-refractivity contribution in [1.29, 1.82) is 0 Å². The van der Waals surface area contributed by atoms with Crippen LogP contribution in [0, 0.1) is 0 Å². The molecule has 0 aromatic heterocycles. The summed E-state index contributed by atoms with van der Waals surface area (Å²) in [6.45, 7) is 2.24. The molecule has 1 N–H and O–H groups in total. The van der Waals surface area contributed by atoms with Crippen LogP contribution in [0.15, 0.2) is 12.2 Å². The third kappa shape index (κ3) is 5.36. The van der Waals surface area contributed by atoms with Gasteiger partial charge in [-0.2, -0.15) is 0 Å². The zero-order valence-corrected chi connectivity index (χ0v) is 10.2. The van der Waals surface area contributed by atoms with Crippen LogP contribution in [-0.2, 0) is 0 Å². The van der Waals surface area contributed by atoms with Crippen molar-refractivity contribution >= 4 is 0 Å². The van der Waals surface area contributed by atoms with Gasteiger partial charge in [-0.1, -0.05) is 57.6 Å². The summed E-state index contributed by atoms with van der Waals surface area (Å²) in [7, 11) is 0. The Kier molecular flexibility index (Phi) is 6.00. The first-order chi connectivity index (χ1) is 7.27. The Morgan fingerprint density at radius 3 is 2.47 bits per heavy atom. The van der Waals surface area contributed by atoms with E-state index in [0.717, 1.165) is 19.3 Å². The van der Waals surface area contributed by atoms with Crippen molar-refractivity contribution in [2.75, 3.05) is 0 Å². The molecule has 0 amide bonds. The first kappa shape index (κ1) is 12.8. The Hall–Kier alpha value is -0.300. The van der Waals surface area contributed by atoms with Crippen LogP contribution in [-0.4, -0.2) is 10.7 Å². The summed E-state index contributed by atoms with van der Waals surface area (Å²) < 4.78 is 0. The van der Waals surface area contributed by atoms with Gasteiger partial charge in [0.1, 0.15) is 0 Å². The molecule has 0 spiro atoms. The van der Waals surface area contributed by atoms with Crippen molar-refractivity contribution in [1.82, 2.24) is 0 Å². The first-order valence-corrected chi connectivity index (χ1v) is 6.67. The van der Waals surface area contributed by atoms with E-state index < -0.39 is 5.60 Å². The maximum absolute atomic E-state index is 10.2. The van der Waals surface area contributed by atoms with Crippen molar-refractivity contribution in [3.63, 3.8) is 0 Å². The van der Waals surface area contributed by atoms with Crippen molar-refractivity contribution in [2.24, 2.45) is 0 Å². The Balaban J connectivity index is 2.12. The molecule has 0 aliphatic heterocycles. The number of hydrogen-bond donors (Lipinski definition) is 1. The van der Waals surface area contributed by atoms with Crippen molar-refractivity contribution < 1.29 is 5.11 Å². The second-order valence-electron chi connectivity index (χ2n) is 4.92. The standard InChI is InChI=1S/C14H26O/c1-2-3-4-5-6-8-11-14(15)12-9-7-10-13-14/h8,11,15H,2-7,9-10,12-13H2,1H3. The van der Waals surface area contributed by atoms with Crippen LogP contribution in [0.4, 0.5) is 0 Å². The molecule has 1 rings (SSSR count). The minimum absolute atomic E-state index is 0.455. The van der Waals surface area contributed by atoms with Crippen LogP contribution >= 0.6 is 0 Å². The molecule has 0 radical (unpaired) electrons. The van der Waals surface area contributed by atoms with E-state index in [1.54, 1.807) is 0 Å². The number of rotatable bonds is 6. The quantitative estimate of drug-likeness (QED) is 0.514. The third-order valence-electron chi connectivity index (χ3n) is 3.37. The van der Waals surface area contributed by atoms with Crippen LogP contribution in [0.1, 0.15) is 71.1 Å². The molecule has 0 bridgehead atoms. The van der Waals surface area contributed by atoms with E-state index in [1.807, 2.05) is 0 Å². The lowest BCUT2D eigenvalue weighted by Crippen LogP contribution is -2.28. The molecule has 1 nitrogen and oxygen atoms in total. The lowest BCUT2D eigenvalue weighted by atomic mass is 9.84. The zero-order chi connectivity index (χ0) is 11.0. The Labute approximate surface area is 94.6 Å². The summed E-state index contributed by atoms with van der Waals surface area (Å²) in [6, 6.07) is 0. The SMILES string of the molecule is CCCCCCC=CC1(O)CCCCC1. The number of unbranched alkanes of at least 4 members (excludes halogenated alkanes) is 4. The van der Waals surface area contributed by atoms with Crippen LogP contribution < -0.4 is 0 Å². The maximum Gasteiger partial charge on any atom is 0.0827 e. The smallest absolute Gasteiger partial charge is 0.0827 e. The van der Waals surface area contributed by atoms with Gasteiger partial charge in [0.15, 0.2) is 0 Å². The first-order valence-electron chi connectivity index (χ1n) is 6.67. The summed E-state index contributed by atoms with van der Waals surface area (Å²) in [5.41, 5.74) is -0.455. The molecule has 15 heavy (non-hydrogen) atoms. The van der Waals surface area contributed by atoms with Gasteiger partial charge in [-0.15, -0.1) is 0 Å². The van der Waals surface area contributed by atoms with Gasteiger partial charge in [0.25, 0.3) is 0 Å². The maximum atomic E-state index is 10.2. The summed E-state index contributed by atoms with van der Waals surface area (Å²) in [6.07, 6.45) is 16.3. The van der Waals surface area contributed by atoms with Crippen molar-refractivity contribution in [2.45, 2.75) is 76.7 Å². The molecule has 0 aromatic rings. The number of allylic oxidation sites excluding steroid dienone is 1. The van der Waals surface area contributed by atoms with Gasteiger partial charge in [0.05, 0.1) is 5.60 Å². The molecule has 1 saturated carbocycles. The highest BCUT2D eigenvalue weighted by molar-refractivity contribution is 5.02. The molecular formula is C14H26O. The van der Waals surface area contributed by atoms with E-state index >= 15 is 0 Å². The van der Waals surface area contributed by atoms with E-state index in [1.165, 1.54) is 44.9 Å². The molecule has 0 atom stereocenters. The molecule has 1 heteroatoms. The van der Waals surface area contributed by atoms with Crippen molar-refractivity contribution in [3.8, 4) is 0 Å². The monoisotopic (exact) mass is 210 g/mol. The normalized spacial score (nSPS) is 20.9. The Morgan fingerprint density at radius 2 is 1.80 bits per heavy atom. The average molecular weight is 210 g/mol. The lowest BCUT2D eigenvalue weighted by Gasteiger charge is -2.28. The minimum Gasteiger partial charge on any atom is -0.386 e. The average Bonchev–Trinajstić information content (AvgIpc) is 2.24. The Morgan fingerprint density at radius 1 is 1.07 bits per heavy atom. The van der Waals surface area contributed by atoms with Crippen LogP contribution in [0.2, 0.25) is 0 Å². The van der Waals surface area contributed by atoms with E-state index in [9.17, 15) is 5.11 Å². The topological polar surface area (TPSA) is 20.2 Å². The fourth-order valence-corrected chi connectivity index (χ4v) is 2.32. The summed E-state index contributed by atoms with van der Waals surface area (Å²) in [5, 5.41) is 10.2. The summed E-state index contributed by atoms with van der Waals surface area (Å²) >= 11 is 0. The fourth-order valence-electron chi connectivity index (χ4n) is 2.32. The summed E-state index contributed by atoms with van der Waals surface area (Å²) in [4.78, 5) is 0. The van der Waals surface area contributed by atoms with Gasteiger partial charge in [-0.3, -0.25) is 0 Å². The van der Waals surface area contributed by atoms with E-state index in [2.05, 4.69) is 19.1 Å². The second-order valence-corrected chi connectivity index (χ2v) is 4.92. The van der Waals surface area contributed by atoms with Gasteiger partial charge >= 0.3 is 0 Å². The molecule has 0 aromatic carbocycles. The highest BCUT2D eigenvalue weighted by atomic mass is 16.3. The van der Waals surface area contributed by atoms with Gasteiger partial charge in [0.2, 0.25) is 0 Å². The molecule has 1 aliphatic carbocycles. The lowest BCUT2D eigenvalue weighted by molar-refractivity contribution is 0.0511. The molecule has 0 saturated heterocycles. The van der Waals surface area contributed by atoms with Crippen LogP contribution in [0.25, 0.3) is 0 Å². The zero-order valence-electron chi connectivity index (χ0n) is 10.2. The molecule has 1 fully saturated rings. The molecule has 0 unspecified atom stereocenters. The fraction of sp³-hybridized carbons (Fsp3) is 0.857. The van der Waals surface area contributed by atoms with Gasteiger partial charge in [-0.25, -0.2) is 0 Å². The number of aliphatic hydroxyl groups is 1. The van der Waals surface area contributed by atoms with Crippen LogP contribution in [0.3, 0.4) is 0 Å². The highest BCUT2D eigenvalue weighted by Crippen LogP contribution is 2.29. The van der Waals surface area contributed by atoms with E-state index in [-0.39, 0.29) is 0 Å². The molecular weight excluding hydrogens is 184 g/mol. The second kappa shape index (κ2) is 7.05. The van der Waals surface area contributed by atoms with E-state index in [4.69, 9.17) is 0 Å². The highest BCUT2D eigenvalue weighted by Gasteiger charge is 2.25. The Bertz CT molecular complexity index is 178. The molecule has 88 valence electrons. The van der Waals surface area contributed by atoms with Gasteiger partial charge in [0, 0.05) is 0 Å². The summed E-state index contributed by atoms with van der Waals surface area (Å²) in [5.74, 6) is 0. The predicted molar refractivity (Wildman–Crippen MR) is 65.9 cm³/mol. The molecule has 0 heterocycles.